The number of benzene rings is 1. The molecule has 1 N–H and O–H groups in total. The molecule has 1 aromatic carbocycles. The fourth-order valence-electron chi connectivity index (χ4n) is 8.88. The average molecular weight is 617 g/mol. The zero-order valence-corrected chi connectivity index (χ0v) is 26.0. The third-order valence-corrected chi connectivity index (χ3v) is 11.6. The van der Waals surface area contributed by atoms with E-state index in [1.54, 1.807) is 0 Å². The maximum absolute atomic E-state index is 14.0. The predicted molar refractivity (Wildman–Crippen MR) is 151 cm³/mol. The predicted octanol–water partition coefficient (Wildman–Crippen LogP) is 4.80. The van der Waals surface area contributed by atoms with E-state index >= 15 is 0 Å². The summed E-state index contributed by atoms with van der Waals surface area (Å²) in [6.07, 6.45) is 2.41. The van der Waals surface area contributed by atoms with Crippen molar-refractivity contribution in [2.24, 2.45) is 46.8 Å². The maximum Gasteiger partial charge on any atom is 0.315 e. The van der Waals surface area contributed by atoms with Crippen LogP contribution in [0.2, 0.25) is 0 Å². The molecule has 0 amide bonds. The molecule has 1 aromatic rings. The topological polar surface area (TPSA) is 150 Å². The van der Waals surface area contributed by atoms with E-state index in [-0.39, 0.29) is 46.0 Å². The molecule has 7 atom stereocenters. The van der Waals surface area contributed by atoms with Crippen LogP contribution in [0.5, 0.6) is 5.75 Å². The van der Waals surface area contributed by atoms with Crippen molar-refractivity contribution >= 4 is 33.8 Å². The lowest BCUT2D eigenvalue weighted by molar-refractivity contribution is -0.226. The number of cyclic esters (lactones) is 1. The molecule has 1 heterocycles. The van der Waals surface area contributed by atoms with E-state index in [9.17, 15) is 32.1 Å². The number of Topliss-reactive ketones (excluding diaryl/α,β-unsaturated/α-hetero) is 1. The van der Waals surface area contributed by atoms with Gasteiger partial charge < -0.3 is 14.2 Å². The number of carbonyl (C=O) groups excluding carboxylic acids is 4. The second-order valence-electron chi connectivity index (χ2n) is 14.3. The monoisotopic (exact) mass is 616 g/mol. The molecule has 6 bridgehead atoms. The molecular weight excluding hydrogens is 576 g/mol. The molecule has 43 heavy (non-hydrogen) atoms. The van der Waals surface area contributed by atoms with Gasteiger partial charge in [-0.3, -0.25) is 23.7 Å². The van der Waals surface area contributed by atoms with Crippen molar-refractivity contribution < 1.29 is 46.4 Å². The van der Waals surface area contributed by atoms with E-state index < -0.39 is 57.5 Å². The highest BCUT2D eigenvalue weighted by molar-refractivity contribution is 7.85. The Labute approximate surface area is 252 Å². The van der Waals surface area contributed by atoms with Crippen molar-refractivity contribution in [2.45, 2.75) is 96.2 Å². The minimum Gasteiger partial charge on any atom is -0.426 e. The van der Waals surface area contributed by atoms with Gasteiger partial charge in [-0.25, -0.2) is 0 Å². The van der Waals surface area contributed by atoms with Gasteiger partial charge in [0.1, 0.15) is 11.5 Å². The van der Waals surface area contributed by atoms with Crippen LogP contribution < -0.4 is 4.74 Å². The molecule has 1 aliphatic heterocycles. The van der Waals surface area contributed by atoms with Crippen LogP contribution in [0.1, 0.15) is 96.1 Å². The molecule has 11 heteroatoms. The van der Waals surface area contributed by atoms with Crippen molar-refractivity contribution in [1.82, 2.24) is 0 Å². The second kappa shape index (κ2) is 10.4. The van der Waals surface area contributed by atoms with Crippen LogP contribution in [0.15, 0.2) is 17.0 Å². The summed E-state index contributed by atoms with van der Waals surface area (Å²) >= 11 is 0. The third-order valence-electron chi connectivity index (χ3n) is 10.7. The summed E-state index contributed by atoms with van der Waals surface area (Å²) in [5, 5.41) is 0. The van der Waals surface area contributed by atoms with E-state index in [2.05, 4.69) is 0 Å². The fraction of sp³-hybridized carbons (Fsp3) is 0.688. The molecule has 6 aliphatic rings. The number of ether oxygens (including phenoxy) is 3. The van der Waals surface area contributed by atoms with Crippen molar-refractivity contribution in [3.63, 3.8) is 0 Å². The van der Waals surface area contributed by atoms with Crippen molar-refractivity contribution in [2.75, 3.05) is 0 Å². The van der Waals surface area contributed by atoms with E-state index in [0.29, 0.717) is 42.7 Å². The molecular formula is C32H40O10S. The number of carbonyl (C=O) groups is 4. The molecule has 0 spiro atoms. The highest BCUT2D eigenvalue weighted by Gasteiger charge is 2.62. The molecule has 0 radical (unpaired) electrons. The van der Waals surface area contributed by atoms with E-state index in [0.717, 1.165) is 12.8 Å². The standard InChI is InChI=1S/C32H40O10S/c1-14(2)21-9-20(43(37,38)39)10-22(15(3)4)27(21)40-29(35)25-23-6-16(5)24(25)28(34)41-30(23)42-31(36)32-11-17-7-18(12-32)26(33)19(8-17)13-32/h9-10,14-19,23-25,30H,6-8,11-13H2,1-5H3,(H,37,38,39). The molecule has 5 saturated carbocycles. The minimum absolute atomic E-state index is 0.121. The summed E-state index contributed by atoms with van der Waals surface area (Å²) in [6, 6.07) is 2.61. The Bertz CT molecular complexity index is 1450. The molecule has 6 fully saturated rings. The molecule has 7 rings (SSSR count). The van der Waals surface area contributed by atoms with E-state index in [1.165, 1.54) is 12.1 Å². The first-order valence-corrected chi connectivity index (χ1v) is 16.9. The summed E-state index contributed by atoms with van der Waals surface area (Å²) in [6.45, 7) is 9.15. The van der Waals surface area contributed by atoms with Gasteiger partial charge in [0.25, 0.3) is 16.4 Å². The van der Waals surface area contributed by atoms with Crippen LogP contribution in [-0.2, 0) is 38.8 Å². The van der Waals surface area contributed by atoms with Gasteiger partial charge in [0, 0.05) is 17.8 Å². The van der Waals surface area contributed by atoms with E-state index in [1.807, 2.05) is 34.6 Å². The zero-order valence-electron chi connectivity index (χ0n) is 25.2. The summed E-state index contributed by atoms with van der Waals surface area (Å²) in [7, 11) is -4.51. The second-order valence-corrected chi connectivity index (χ2v) is 15.7. The minimum atomic E-state index is -4.51. The largest absolute Gasteiger partial charge is 0.426 e. The molecule has 5 aliphatic carbocycles. The maximum atomic E-state index is 14.0. The Morgan fingerprint density at radius 3 is 2.09 bits per heavy atom. The quantitative estimate of drug-likeness (QED) is 0.257. The van der Waals surface area contributed by atoms with Crippen molar-refractivity contribution in [1.29, 1.82) is 0 Å². The van der Waals surface area contributed by atoms with Gasteiger partial charge in [-0.1, -0.05) is 34.6 Å². The average Bonchev–Trinajstić information content (AvgIpc) is 3.21. The number of hydrogen-bond donors (Lipinski definition) is 1. The number of rotatable bonds is 7. The highest BCUT2D eigenvalue weighted by atomic mass is 32.2. The summed E-state index contributed by atoms with van der Waals surface area (Å²) in [5.41, 5.74) is 0.108. The van der Waals surface area contributed by atoms with Gasteiger partial charge in [0.15, 0.2) is 0 Å². The van der Waals surface area contributed by atoms with Crippen molar-refractivity contribution in [3.05, 3.63) is 23.3 Å². The highest BCUT2D eigenvalue weighted by Crippen LogP contribution is 2.59. The Kier molecular flexibility index (Phi) is 7.31. The van der Waals surface area contributed by atoms with Gasteiger partial charge in [-0.05, 0) is 85.5 Å². The SMILES string of the molecule is CC(C)c1cc(S(=O)(=O)O)cc(C(C)C)c1OC(=O)C1C2CC(C)C1C(=O)OC2OC(=O)C12CC3CC(C1)C(=O)C(C3)C2. The van der Waals surface area contributed by atoms with E-state index in [4.69, 9.17) is 14.2 Å². The molecule has 1 saturated heterocycles. The normalized spacial score (nSPS) is 36.3. The Hall–Kier alpha value is -2.79. The Morgan fingerprint density at radius 2 is 1.56 bits per heavy atom. The van der Waals surface area contributed by atoms with Crippen LogP contribution in [0, 0.1) is 46.8 Å². The fourth-order valence-corrected chi connectivity index (χ4v) is 9.43. The molecule has 7 unspecified atom stereocenters. The number of hydrogen-bond acceptors (Lipinski definition) is 9. The molecule has 234 valence electrons. The summed E-state index contributed by atoms with van der Waals surface area (Å²) in [4.78, 5) is 53.3. The van der Waals surface area contributed by atoms with Crippen molar-refractivity contribution in [3.8, 4) is 5.75 Å². The first-order chi connectivity index (χ1) is 20.1. The number of esters is 3. The smallest absolute Gasteiger partial charge is 0.315 e. The van der Waals surface area contributed by atoms with Crippen LogP contribution in [0.3, 0.4) is 0 Å². The van der Waals surface area contributed by atoms with Crippen LogP contribution in [0.25, 0.3) is 0 Å². The van der Waals surface area contributed by atoms with Crippen LogP contribution in [0.4, 0.5) is 0 Å². The van der Waals surface area contributed by atoms with Gasteiger partial charge >= 0.3 is 17.9 Å². The molecule has 0 aromatic heterocycles. The van der Waals surface area contributed by atoms with Gasteiger partial charge in [0.2, 0.25) is 0 Å². The molecule has 10 nitrogen and oxygen atoms in total. The van der Waals surface area contributed by atoms with Crippen LogP contribution >= 0.6 is 0 Å². The van der Waals surface area contributed by atoms with Crippen LogP contribution in [-0.4, -0.2) is 43.0 Å². The number of fused-ring (bicyclic) bond motifs is 2. The zero-order chi connectivity index (χ0) is 31.2. The first-order valence-electron chi connectivity index (χ1n) is 15.4. The summed E-state index contributed by atoms with van der Waals surface area (Å²) < 4.78 is 51.4. The number of ketones is 1. The van der Waals surface area contributed by atoms with Gasteiger partial charge in [0.05, 0.1) is 22.1 Å². The van der Waals surface area contributed by atoms with Gasteiger partial charge in [-0.15, -0.1) is 0 Å². The Balaban J connectivity index is 1.28. The van der Waals surface area contributed by atoms with Gasteiger partial charge in [-0.2, -0.15) is 8.42 Å². The third kappa shape index (κ3) is 5.00. The first kappa shape index (κ1) is 30.2. The Morgan fingerprint density at radius 1 is 0.977 bits per heavy atom. The summed E-state index contributed by atoms with van der Waals surface area (Å²) in [5.74, 6) is -4.22. The lowest BCUT2D eigenvalue weighted by Gasteiger charge is -2.54. The lowest BCUT2D eigenvalue weighted by Crippen LogP contribution is -2.56. The lowest BCUT2D eigenvalue weighted by atomic mass is 9.49.